The second-order valence-corrected chi connectivity index (χ2v) is 7.20. The fraction of sp³-hybridized carbons (Fsp3) is 0.692. The topological polar surface area (TPSA) is 12.0 Å². The summed E-state index contributed by atoms with van der Waals surface area (Å²) in [7, 11) is 0. The Hall–Kier alpha value is 0.300. The number of halogens is 1. The average molecular weight is 292 g/mol. The van der Waals surface area contributed by atoms with E-state index in [1.165, 1.54) is 18.4 Å². The highest BCUT2D eigenvalue weighted by atomic mass is 35.5. The first-order chi connectivity index (χ1) is 8.06. The molecule has 4 heteroatoms. The fourth-order valence-electron chi connectivity index (χ4n) is 1.87. The lowest BCUT2D eigenvalue weighted by atomic mass is 10.0. The second-order valence-electron chi connectivity index (χ2n) is 4.38. The molecule has 1 unspecified atom stereocenters. The van der Waals surface area contributed by atoms with Gasteiger partial charge in [-0.1, -0.05) is 25.4 Å². The Morgan fingerprint density at radius 2 is 2.12 bits per heavy atom. The highest BCUT2D eigenvalue weighted by Gasteiger charge is 2.25. The quantitative estimate of drug-likeness (QED) is 0.761. The molecule has 0 fully saturated rings. The molecule has 0 saturated carbocycles. The molecule has 0 aliphatic carbocycles. The predicted octanol–water partition coefficient (Wildman–Crippen LogP) is 4.97. The summed E-state index contributed by atoms with van der Waals surface area (Å²) in [5.74, 6) is 0. The highest BCUT2D eigenvalue weighted by Crippen LogP contribution is 2.31. The van der Waals surface area contributed by atoms with Crippen molar-refractivity contribution in [1.29, 1.82) is 0 Å². The molecule has 1 nitrogen and oxygen atoms in total. The summed E-state index contributed by atoms with van der Waals surface area (Å²) >= 11 is 9.54. The molecule has 0 radical (unpaired) electrons. The number of nitrogens with one attached hydrogen (secondary N) is 1. The van der Waals surface area contributed by atoms with Gasteiger partial charge in [0, 0.05) is 17.3 Å². The summed E-state index contributed by atoms with van der Waals surface area (Å²) in [4.78, 5) is 0. The van der Waals surface area contributed by atoms with Gasteiger partial charge in [-0.05, 0) is 43.0 Å². The molecule has 0 aliphatic heterocycles. The second kappa shape index (κ2) is 7.03. The lowest BCUT2D eigenvalue weighted by molar-refractivity contribution is 0.460. The number of hydrogen-bond donors (Lipinski definition) is 1. The first kappa shape index (κ1) is 15.4. The van der Waals surface area contributed by atoms with Crippen molar-refractivity contribution in [2.45, 2.75) is 44.4 Å². The van der Waals surface area contributed by atoms with Crippen LogP contribution in [-0.4, -0.2) is 17.5 Å². The van der Waals surface area contributed by atoms with Crippen molar-refractivity contribution in [2.75, 3.05) is 12.8 Å². The van der Waals surface area contributed by atoms with Crippen LogP contribution in [-0.2, 0) is 0 Å². The third-order valence-corrected chi connectivity index (χ3v) is 6.24. The Bertz CT molecular complexity index is 326. The molecule has 1 aromatic rings. The van der Waals surface area contributed by atoms with Crippen molar-refractivity contribution in [3.05, 3.63) is 21.3 Å². The molecule has 0 aromatic carbocycles. The first-order valence-corrected chi connectivity index (χ1v) is 8.57. The molecule has 1 atom stereocenters. The van der Waals surface area contributed by atoms with Gasteiger partial charge in [0.1, 0.15) is 0 Å². The van der Waals surface area contributed by atoms with Crippen LogP contribution >= 0.6 is 34.7 Å². The number of hydrogen-bond acceptors (Lipinski definition) is 3. The summed E-state index contributed by atoms with van der Waals surface area (Å²) in [6.45, 7) is 7.80. The van der Waals surface area contributed by atoms with Crippen molar-refractivity contribution < 1.29 is 0 Å². The molecule has 0 bridgehead atoms. The Labute approximate surface area is 118 Å². The van der Waals surface area contributed by atoms with Crippen LogP contribution in [0.25, 0.3) is 0 Å². The van der Waals surface area contributed by atoms with Crippen LogP contribution < -0.4 is 5.32 Å². The van der Waals surface area contributed by atoms with E-state index in [9.17, 15) is 0 Å². The van der Waals surface area contributed by atoms with Gasteiger partial charge in [0.15, 0.2) is 0 Å². The van der Waals surface area contributed by atoms with E-state index >= 15 is 0 Å². The summed E-state index contributed by atoms with van der Waals surface area (Å²) in [6, 6.07) is 2.44. The number of thioether (sulfide) groups is 1. The Morgan fingerprint density at radius 1 is 1.47 bits per heavy atom. The third kappa shape index (κ3) is 4.16. The summed E-state index contributed by atoms with van der Waals surface area (Å²) in [5, 5.41) is 5.77. The molecule has 98 valence electrons. The molecule has 0 aliphatic rings. The van der Waals surface area contributed by atoms with E-state index < -0.39 is 0 Å². The van der Waals surface area contributed by atoms with E-state index in [0.717, 1.165) is 10.9 Å². The number of rotatable bonds is 7. The molecule has 1 rings (SSSR count). The normalized spacial score (nSPS) is 13.9. The molecule has 1 N–H and O–H groups in total. The van der Waals surface area contributed by atoms with Gasteiger partial charge in [-0.2, -0.15) is 11.8 Å². The Kier molecular flexibility index (Phi) is 6.35. The van der Waals surface area contributed by atoms with Gasteiger partial charge < -0.3 is 5.32 Å². The largest absolute Gasteiger partial charge is 0.309 e. The monoisotopic (exact) mass is 291 g/mol. The van der Waals surface area contributed by atoms with Crippen LogP contribution in [0, 0.1) is 0 Å². The van der Waals surface area contributed by atoms with Crippen LogP contribution in [0.15, 0.2) is 11.4 Å². The van der Waals surface area contributed by atoms with Gasteiger partial charge in [-0.15, -0.1) is 11.3 Å². The van der Waals surface area contributed by atoms with Crippen molar-refractivity contribution in [3.8, 4) is 0 Å². The molecule has 1 heterocycles. The summed E-state index contributed by atoms with van der Waals surface area (Å²) in [6.07, 6.45) is 4.62. The summed E-state index contributed by atoms with van der Waals surface area (Å²) < 4.78 is 1.24. The molecule has 17 heavy (non-hydrogen) atoms. The maximum Gasteiger partial charge on any atom is 0.0931 e. The van der Waals surface area contributed by atoms with E-state index in [4.69, 9.17) is 11.6 Å². The average Bonchev–Trinajstić information content (AvgIpc) is 2.78. The minimum Gasteiger partial charge on any atom is -0.309 e. The summed E-state index contributed by atoms with van der Waals surface area (Å²) in [5.41, 5.74) is 1.29. The zero-order valence-corrected chi connectivity index (χ0v) is 13.4. The van der Waals surface area contributed by atoms with Crippen molar-refractivity contribution in [3.63, 3.8) is 0 Å². The van der Waals surface area contributed by atoms with Crippen molar-refractivity contribution in [2.24, 2.45) is 0 Å². The smallest absolute Gasteiger partial charge is 0.0931 e. The van der Waals surface area contributed by atoms with Crippen LogP contribution in [0.2, 0.25) is 4.34 Å². The molecule has 0 saturated heterocycles. The van der Waals surface area contributed by atoms with Gasteiger partial charge in [0.05, 0.1) is 4.34 Å². The number of thiophene rings is 1. The molecule has 1 aromatic heterocycles. The van der Waals surface area contributed by atoms with E-state index in [0.29, 0.717) is 10.8 Å². The van der Waals surface area contributed by atoms with E-state index in [-0.39, 0.29) is 0 Å². The highest BCUT2D eigenvalue weighted by molar-refractivity contribution is 8.00. The van der Waals surface area contributed by atoms with Gasteiger partial charge >= 0.3 is 0 Å². The first-order valence-electron chi connectivity index (χ1n) is 6.09. The van der Waals surface area contributed by atoms with Crippen molar-refractivity contribution >= 4 is 34.7 Å². The third-order valence-electron chi connectivity index (χ3n) is 3.54. The minimum atomic E-state index is 0.369. The van der Waals surface area contributed by atoms with Gasteiger partial charge in [0.25, 0.3) is 0 Å². The van der Waals surface area contributed by atoms with Crippen LogP contribution in [0.4, 0.5) is 0 Å². The van der Waals surface area contributed by atoms with E-state index in [1.54, 1.807) is 11.3 Å². The predicted molar refractivity (Wildman–Crippen MR) is 82.6 cm³/mol. The maximum atomic E-state index is 5.96. The standard InChI is InChI=1S/C13H22ClNS2/c1-5-13(6-2,16-4)9-15-10(3)11-7-12(14)17-8-11/h7-8,10,15H,5-6,9H2,1-4H3. The van der Waals surface area contributed by atoms with E-state index in [2.05, 4.69) is 43.8 Å². The fourth-order valence-corrected chi connectivity index (χ4v) is 3.66. The Morgan fingerprint density at radius 3 is 2.53 bits per heavy atom. The molecule has 0 spiro atoms. The van der Waals surface area contributed by atoms with Crippen LogP contribution in [0.1, 0.15) is 45.2 Å². The van der Waals surface area contributed by atoms with Crippen molar-refractivity contribution in [1.82, 2.24) is 5.32 Å². The Balaban J connectivity index is 2.55. The zero-order chi connectivity index (χ0) is 12.9. The zero-order valence-electron chi connectivity index (χ0n) is 11.0. The van der Waals surface area contributed by atoms with Crippen LogP contribution in [0.3, 0.4) is 0 Å². The minimum absolute atomic E-state index is 0.369. The van der Waals surface area contributed by atoms with Gasteiger partial charge in [-0.3, -0.25) is 0 Å². The molecular weight excluding hydrogens is 270 g/mol. The van der Waals surface area contributed by atoms with Crippen LogP contribution in [0.5, 0.6) is 0 Å². The van der Waals surface area contributed by atoms with Gasteiger partial charge in [-0.25, -0.2) is 0 Å². The van der Waals surface area contributed by atoms with Gasteiger partial charge in [0.2, 0.25) is 0 Å². The lowest BCUT2D eigenvalue weighted by Gasteiger charge is -2.31. The SMILES string of the molecule is CCC(CC)(CNC(C)c1csc(Cl)c1)SC. The maximum absolute atomic E-state index is 5.96. The van der Waals surface area contributed by atoms with E-state index in [1.807, 2.05) is 11.8 Å². The molecular formula is C13H22ClNS2. The lowest BCUT2D eigenvalue weighted by Crippen LogP contribution is -2.37. The molecule has 0 amide bonds.